The Hall–Kier alpha value is -1.91. The van der Waals surface area contributed by atoms with E-state index in [0.29, 0.717) is 31.0 Å². The molecule has 0 aromatic heterocycles. The fourth-order valence-corrected chi connectivity index (χ4v) is 1.64. The highest BCUT2D eigenvalue weighted by Gasteiger charge is 2.04. The molecule has 0 radical (unpaired) electrons. The Bertz CT molecular complexity index is 419. The first kappa shape index (κ1) is 15.1. The highest BCUT2D eigenvalue weighted by Crippen LogP contribution is 2.25. The fraction of sp³-hybridized carbons (Fsp3) is 0.500. The second kappa shape index (κ2) is 7.51. The average molecular weight is 265 g/mol. The summed E-state index contributed by atoms with van der Waals surface area (Å²) in [4.78, 5) is 11.5. The molecule has 0 aliphatic carbocycles. The number of nitrogen functional groups attached to an aromatic ring is 1. The molecule has 19 heavy (non-hydrogen) atoms. The third-order valence-corrected chi connectivity index (χ3v) is 2.44. The van der Waals surface area contributed by atoms with Gasteiger partial charge in [0.1, 0.15) is 5.75 Å². The number of nitrogens with one attached hydrogen (secondary N) is 2. The van der Waals surface area contributed by atoms with Crippen LogP contribution in [0.1, 0.15) is 27.2 Å². The van der Waals surface area contributed by atoms with Gasteiger partial charge in [-0.15, -0.1) is 0 Å². The summed E-state index contributed by atoms with van der Waals surface area (Å²) < 4.78 is 5.41. The molecule has 106 valence electrons. The summed E-state index contributed by atoms with van der Waals surface area (Å²) in [7, 11) is 0. The zero-order valence-corrected chi connectivity index (χ0v) is 11.8. The van der Waals surface area contributed by atoms with Crippen LogP contribution in [0.3, 0.4) is 0 Å². The SMILES string of the molecule is CCOc1cc(NCCC(=O)NC(C)C)ccc1N. The summed E-state index contributed by atoms with van der Waals surface area (Å²) in [6, 6.07) is 5.69. The number of ether oxygens (including phenoxy) is 1. The van der Waals surface area contributed by atoms with Crippen molar-refractivity contribution in [2.75, 3.05) is 24.2 Å². The van der Waals surface area contributed by atoms with Gasteiger partial charge in [0.15, 0.2) is 0 Å². The lowest BCUT2D eigenvalue weighted by Crippen LogP contribution is -2.31. The highest BCUT2D eigenvalue weighted by molar-refractivity contribution is 5.76. The molecule has 0 fully saturated rings. The van der Waals surface area contributed by atoms with Crippen molar-refractivity contribution in [1.82, 2.24) is 5.32 Å². The van der Waals surface area contributed by atoms with Gasteiger partial charge in [0.2, 0.25) is 5.91 Å². The van der Waals surface area contributed by atoms with Gasteiger partial charge >= 0.3 is 0 Å². The summed E-state index contributed by atoms with van der Waals surface area (Å²) in [6.07, 6.45) is 0.437. The monoisotopic (exact) mass is 265 g/mol. The first-order valence-corrected chi connectivity index (χ1v) is 6.58. The first-order valence-electron chi connectivity index (χ1n) is 6.58. The topological polar surface area (TPSA) is 76.4 Å². The minimum Gasteiger partial charge on any atom is -0.492 e. The molecule has 0 bridgehead atoms. The van der Waals surface area contributed by atoms with E-state index in [-0.39, 0.29) is 11.9 Å². The van der Waals surface area contributed by atoms with Crippen LogP contribution in [0, 0.1) is 0 Å². The maximum atomic E-state index is 11.5. The number of benzene rings is 1. The number of carbonyl (C=O) groups is 1. The van der Waals surface area contributed by atoms with Gasteiger partial charge in [-0.25, -0.2) is 0 Å². The van der Waals surface area contributed by atoms with E-state index in [1.807, 2.05) is 32.9 Å². The van der Waals surface area contributed by atoms with E-state index < -0.39 is 0 Å². The quantitative estimate of drug-likeness (QED) is 0.659. The number of rotatable bonds is 7. The van der Waals surface area contributed by atoms with Gasteiger partial charge in [0.05, 0.1) is 12.3 Å². The van der Waals surface area contributed by atoms with Gasteiger partial charge in [-0.3, -0.25) is 4.79 Å². The standard InChI is InChI=1S/C14H23N3O2/c1-4-19-13-9-11(5-6-12(13)15)16-8-7-14(18)17-10(2)3/h5-6,9-10,16H,4,7-8,15H2,1-3H3,(H,17,18). The number of anilines is 2. The Labute approximate surface area is 114 Å². The lowest BCUT2D eigenvalue weighted by molar-refractivity contribution is -0.121. The third kappa shape index (κ3) is 5.50. The van der Waals surface area contributed by atoms with Crippen LogP contribution in [-0.2, 0) is 4.79 Å². The van der Waals surface area contributed by atoms with E-state index in [1.165, 1.54) is 0 Å². The van der Waals surface area contributed by atoms with E-state index >= 15 is 0 Å². The van der Waals surface area contributed by atoms with Crippen molar-refractivity contribution in [2.24, 2.45) is 0 Å². The normalized spacial score (nSPS) is 10.3. The molecule has 4 N–H and O–H groups in total. The van der Waals surface area contributed by atoms with E-state index in [2.05, 4.69) is 10.6 Å². The molecule has 1 aromatic carbocycles. The summed E-state index contributed by atoms with van der Waals surface area (Å²) >= 11 is 0. The molecule has 0 saturated heterocycles. The molecular weight excluding hydrogens is 242 g/mol. The first-order chi connectivity index (χ1) is 9.02. The van der Waals surface area contributed by atoms with Crippen molar-refractivity contribution >= 4 is 17.3 Å². The summed E-state index contributed by atoms with van der Waals surface area (Å²) in [6.45, 7) is 6.95. The average Bonchev–Trinajstić information content (AvgIpc) is 2.32. The van der Waals surface area contributed by atoms with Crippen molar-refractivity contribution in [3.8, 4) is 5.75 Å². The van der Waals surface area contributed by atoms with E-state index in [9.17, 15) is 4.79 Å². The van der Waals surface area contributed by atoms with Crippen LogP contribution in [0.2, 0.25) is 0 Å². The molecule has 1 rings (SSSR count). The van der Waals surface area contributed by atoms with Crippen LogP contribution in [0.25, 0.3) is 0 Å². The molecule has 0 unspecified atom stereocenters. The largest absolute Gasteiger partial charge is 0.492 e. The number of nitrogens with two attached hydrogens (primary N) is 1. The maximum Gasteiger partial charge on any atom is 0.221 e. The smallest absolute Gasteiger partial charge is 0.221 e. The number of hydrogen-bond donors (Lipinski definition) is 3. The number of carbonyl (C=O) groups excluding carboxylic acids is 1. The Balaban J connectivity index is 2.45. The van der Waals surface area contributed by atoms with E-state index in [0.717, 1.165) is 5.69 Å². The van der Waals surface area contributed by atoms with Crippen molar-refractivity contribution in [3.05, 3.63) is 18.2 Å². The predicted octanol–water partition coefficient (Wildman–Crippen LogP) is 1.99. The second-order valence-electron chi connectivity index (χ2n) is 4.58. The molecule has 0 saturated carbocycles. The van der Waals surface area contributed by atoms with Gasteiger partial charge in [-0.1, -0.05) is 0 Å². The van der Waals surface area contributed by atoms with Gasteiger partial charge in [-0.05, 0) is 32.9 Å². The molecule has 1 amide bonds. The second-order valence-corrected chi connectivity index (χ2v) is 4.58. The maximum absolute atomic E-state index is 11.5. The lowest BCUT2D eigenvalue weighted by atomic mass is 10.2. The van der Waals surface area contributed by atoms with Crippen molar-refractivity contribution in [3.63, 3.8) is 0 Å². The van der Waals surface area contributed by atoms with Gasteiger partial charge in [0.25, 0.3) is 0 Å². The molecule has 0 heterocycles. The molecule has 5 heteroatoms. The Morgan fingerprint density at radius 1 is 1.42 bits per heavy atom. The van der Waals surface area contributed by atoms with Crippen LogP contribution in [0.5, 0.6) is 5.75 Å². The minimum atomic E-state index is 0.0444. The molecule has 1 aromatic rings. The van der Waals surface area contributed by atoms with Gasteiger partial charge < -0.3 is 21.1 Å². The molecule has 0 atom stereocenters. The van der Waals surface area contributed by atoms with Crippen molar-refractivity contribution < 1.29 is 9.53 Å². The van der Waals surface area contributed by atoms with Crippen LogP contribution in [0.4, 0.5) is 11.4 Å². The zero-order chi connectivity index (χ0) is 14.3. The lowest BCUT2D eigenvalue weighted by Gasteiger charge is -2.12. The number of amides is 1. The Kier molecular flexibility index (Phi) is 5.99. The van der Waals surface area contributed by atoms with E-state index in [1.54, 1.807) is 6.07 Å². The number of hydrogen-bond acceptors (Lipinski definition) is 4. The molecule has 5 nitrogen and oxygen atoms in total. The Morgan fingerprint density at radius 2 is 2.16 bits per heavy atom. The van der Waals surface area contributed by atoms with E-state index in [4.69, 9.17) is 10.5 Å². The van der Waals surface area contributed by atoms with Crippen LogP contribution >= 0.6 is 0 Å². The third-order valence-electron chi connectivity index (χ3n) is 2.44. The molecule has 0 aliphatic rings. The van der Waals surface area contributed by atoms with Gasteiger partial charge in [-0.2, -0.15) is 0 Å². The predicted molar refractivity (Wildman–Crippen MR) is 78.4 cm³/mol. The summed E-state index contributed by atoms with van der Waals surface area (Å²) in [5.41, 5.74) is 7.30. The van der Waals surface area contributed by atoms with Crippen molar-refractivity contribution in [1.29, 1.82) is 0 Å². The van der Waals surface area contributed by atoms with Gasteiger partial charge in [0, 0.05) is 30.8 Å². The van der Waals surface area contributed by atoms with Crippen LogP contribution in [0.15, 0.2) is 18.2 Å². The molecular formula is C14H23N3O2. The van der Waals surface area contributed by atoms with Crippen LogP contribution in [-0.4, -0.2) is 25.1 Å². The highest BCUT2D eigenvalue weighted by atomic mass is 16.5. The molecule has 0 aliphatic heterocycles. The molecule has 0 spiro atoms. The zero-order valence-electron chi connectivity index (χ0n) is 11.8. The fourth-order valence-electron chi connectivity index (χ4n) is 1.64. The summed E-state index contributed by atoms with van der Waals surface area (Å²) in [5, 5.41) is 6.02. The minimum absolute atomic E-state index is 0.0444. The van der Waals surface area contributed by atoms with Crippen molar-refractivity contribution in [2.45, 2.75) is 33.2 Å². The van der Waals surface area contributed by atoms with Crippen LogP contribution < -0.4 is 21.1 Å². The summed E-state index contributed by atoms with van der Waals surface area (Å²) in [5.74, 6) is 0.710. The Morgan fingerprint density at radius 3 is 2.79 bits per heavy atom.